The number of nitrogens with zero attached hydrogens (tertiary/aromatic N) is 8. The van der Waals surface area contributed by atoms with Crippen LogP contribution in [0.3, 0.4) is 0 Å². The molecule has 0 spiro atoms. The molecule has 4 aromatic heterocycles. The summed E-state index contributed by atoms with van der Waals surface area (Å²) < 4.78 is 1.84. The normalized spacial score (nSPS) is 25.1. The van der Waals surface area contributed by atoms with Gasteiger partial charge in [0, 0.05) is 50.0 Å². The molecule has 7 rings (SSSR count). The van der Waals surface area contributed by atoms with Crippen molar-refractivity contribution in [2.75, 3.05) is 28.6 Å². The topological polar surface area (TPSA) is 175 Å². The number of carbonyl (C=O) groups excluding carboxylic acids is 1. The van der Waals surface area contributed by atoms with Gasteiger partial charge >= 0.3 is 0 Å². The highest BCUT2D eigenvalue weighted by molar-refractivity contribution is 7.18. The smallest absolute Gasteiger partial charge is 0.241 e. The number of piperidine rings is 1. The van der Waals surface area contributed by atoms with Crippen LogP contribution >= 0.6 is 11.3 Å². The Morgan fingerprint density at radius 3 is 2.65 bits per heavy atom. The second-order valence-electron chi connectivity index (χ2n) is 12.9. The fraction of sp³-hybridized carbons (Fsp3) is 0.531. The Kier molecular flexibility index (Phi) is 8.44. The summed E-state index contributed by atoms with van der Waals surface area (Å²) in [6, 6.07) is 8.18. The van der Waals surface area contributed by atoms with Crippen molar-refractivity contribution in [2.24, 2.45) is 17.6 Å². The van der Waals surface area contributed by atoms with Crippen LogP contribution in [0.1, 0.15) is 58.8 Å². The first kappa shape index (κ1) is 30.3. The predicted octanol–water partition coefficient (Wildman–Crippen LogP) is 4.06. The van der Waals surface area contributed by atoms with E-state index in [9.17, 15) is 10.1 Å². The van der Waals surface area contributed by atoms with Gasteiger partial charge in [0.25, 0.3) is 0 Å². The molecule has 14 heteroatoms. The second kappa shape index (κ2) is 12.8. The minimum Gasteiger partial charge on any atom is -0.369 e. The third kappa shape index (κ3) is 6.09. The van der Waals surface area contributed by atoms with Gasteiger partial charge in [0.05, 0.1) is 34.7 Å². The van der Waals surface area contributed by atoms with E-state index in [0.717, 1.165) is 84.2 Å². The van der Waals surface area contributed by atoms with E-state index in [1.807, 2.05) is 29.6 Å². The van der Waals surface area contributed by atoms with Gasteiger partial charge < -0.3 is 26.6 Å². The van der Waals surface area contributed by atoms with Gasteiger partial charge in [-0.1, -0.05) is 30.6 Å². The molecule has 6 atom stereocenters. The molecule has 0 unspecified atom stereocenters. The summed E-state index contributed by atoms with van der Waals surface area (Å²) in [5.74, 6) is 1.37. The zero-order valence-electron chi connectivity index (χ0n) is 26.2. The van der Waals surface area contributed by atoms with Crippen LogP contribution in [0.25, 0.3) is 27.5 Å². The second-order valence-corrected chi connectivity index (χ2v) is 13.9. The molecule has 5 heterocycles. The van der Waals surface area contributed by atoms with E-state index in [2.05, 4.69) is 42.1 Å². The monoisotopic (exact) mass is 640 g/mol. The molecule has 1 aliphatic heterocycles. The van der Waals surface area contributed by atoms with Crippen molar-refractivity contribution in [3.8, 4) is 28.0 Å². The Morgan fingerprint density at radius 1 is 1.09 bits per heavy atom. The fourth-order valence-electron chi connectivity index (χ4n) is 7.33. The number of aromatic nitrogens is 6. The van der Waals surface area contributed by atoms with Gasteiger partial charge in [-0.3, -0.25) is 9.78 Å². The lowest BCUT2D eigenvalue weighted by molar-refractivity contribution is -0.120. The number of pyridine rings is 1. The first-order valence-electron chi connectivity index (χ1n) is 16.3. The average Bonchev–Trinajstić information content (AvgIpc) is 3.69. The van der Waals surface area contributed by atoms with E-state index in [0.29, 0.717) is 23.5 Å². The largest absolute Gasteiger partial charge is 0.369 e. The van der Waals surface area contributed by atoms with Gasteiger partial charge in [-0.2, -0.15) is 5.26 Å². The molecule has 2 aliphatic carbocycles. The molecule has 5 N–H and O–H groups in total. The maximum Gasteiger partial charge on any atom is 0.241 e. The highest BCUT2D eigenvalue weighted by Gasteiger charge is 2.40. The molecule has 4 aromatic rings. The number of fused-ring (bicyclic) bond motifs is 3. The maximum absolute atomic E-state index is 11.9. The van der Waals surface area contributed by atoms with E-state index < -0.39 is 6.04 Å². The van der Waals surface area contributed by atoms with Gasteiger partial charge in [0.15, 0.2) is 5.01 Å². The van der Waals surface area contributed by atoms with Crippen LogP contribution in [0.5, 0.6) is 0 Å². The number of hydrogen-bond donors (Lipinski definition) is 4. The Labute approximate surface area is 272 Å². The summed E-state index contributed by atoms with van der Waals surface area (Å²) in [7, 11) is 0. The van der Waals surface area contributed by atoms with Crippen molar-refractivity contribution < 1.29 is 4.79 Å². The number of amides is 1. The summed E-state index contributed by atoms with van der Waals surface area (Å²) in [4.78, 5) is 23.6. The van der Waals surface area contributed by atoms with Crippen LogP contribution < -0.4 is 26.6 Å². The van der Waals surface area contributed by atoms with Crippen molar-refractivity contribution in [2.45, 2.75) is 83.0 Å². The quantitative estimate of drug-likeness (QED) is 0.219. The molecule has 3 fully saturated rings. The number of nitrogens with two attached hydrogens (primary N) is 1. The number of rotatable bonds is 8. The number of hydrogen-bond acceptors (Lipinski definition) is 12. The third-order valence-corrected chi connectivity index (χ3v) is 10.6. The Balaban J connectivity index is 1.17. The van der Waals surface area contributed by atoms with Crippen molar-refractivity contribution in [1.82, 2.24) is 35.1 Å². The lowest BCUT2D eigenvalue weighted by Gasteiger charge is -2.47. The van der Waals surface area contributed by atoms with Gasteiger partial charge in [0.2, 0.25) is 17.0 Å². The lowest BCUT2D eigenvalue weighted by Crippen LogP contribution is -2.58. The molecule has 1 saturated heterocycles. The zero-order chi connectivity index (χ0) is 31.8. The molecule has 2 bridgehead atoms. The first-order valence-corrected chi connectivity index (χ1v) is 17.1. The highest BCUT2D eigenvalue weighted by Crippen LogP contribution is 2.40. The minimum absolute atomic E-state index is 0.0398. The number of anilines is 3. The van der Waals surface area contributed by atoms with Gasteiger partial charge in [-0.05, 0) is 62.6 Å². The number of nitriles is 1. The van der Waals surface area contributed by atoms with E-state index in [1.54, 1.807) is 19.3 Å². The van der Waals surface area contributed by atoms with E-state index in [1.165, 1.54) is 17.8 Å². The van der Waals surface area contributed by atoms with Gasteiger partial charge in [-0.15, -0.1) is 15.3 Å². The van der Waals surface area contributed by atoms with E-state index >= 15 is 0 Å². The molecule has 1 amide bonds. The maximum atomic E-state index is 11.9. The summed E-state index contributed by atoms with van der Waals surface area (Å²) >= 11 is 1.53. The highest BCUT2D eigenvalue weighted by atomic mass is 32.1. The standard InChI is InChI=1S/C32H40N12OS/c1-18(13-33)37-26-12-27(28-11-10-22-14-36-31(42-44(22)28)39-25-9-4-3-8-24(25)34)35-15-23(26)30-40-41-32(46-30)43-16-20-6-5-7-21(17-43)29(20)38-19(2)45/h10-12,14-15,18,20-21,24-25,29H,3-9,16-17,34H2,1-2H3,(H,35,37)(H,38,45)(H,39,42)/t18-,20-,21+,24+,25-,29-/m1/s1. The molecule has 0 aromatic carbocycles. The molecular weight excluding hydrogens is 601 g/mol. The lowest BCUT2D eigenvalue weighted by atomic mass is 9.73. The number of carbonyl (C=O) groups is 1. The SMILES string of the molecule is CC(=O)N[C@@H]1[C@@H]2CCC[C@H]1CN(c1nnc(-c3cnc(-c4ccc5cnc(N[C@@H]6CCCC[C@@H]6N)nn45)cc3N[C@H](C)C#N)s1)C2. The van der Waals surface area contributed by atoms with Crippen molar-refractivity contribution >= 4 is 39.5 Å². The van der Waals surface area contributed by atoms with Crippen LogP contribution in [-0.2, 0) is 4.79 Å². The van der Waals surface area contributed by atoms with E-state index in [4.69, 9.17) is 15.8 Å². The van der Waals surface area contributed by atoms with E-state index in [-0.39, 0.29) is 24.0 Å². The molecule has 2 saturated carbocycles. The molecule has 3 aliphatic rings. The minimum atomic E-state index is -0.435. The van der Waals surface area contributed by atoms with Crippen LogP contribution in [0.2, 0.25) is 0 Å². The first-order chi connectivity index (χ1) is 22.4. The molecule has 13 nitrogen and oxygen atoms in total. The van der Waals surface area contributed by atoms with Crippen LogP contribution in [0.15, 0.2) is 30.6 Å². The molecule has 46 heavy (non-hydrogen) atoms. The summed E-state index contributed by atoms with van der Waals surface area (Å²) in [6.07, 6.45) is 11.3. The summed E-state index contributed by atoms with van der Waals surface area (Å²) in [5, 5.41) is 35.2. The third-order valence-electron chi connectivity index (χ3n) is 9.63. The van der Waals surface area contributed by atoms with Gasteiger partial charge in [-0.25, -0.2) is 9.50 Å². The molecule has 0 radical (unpaired) electrons. The molecular formula is C32H40N12OS. The van der Waals surface area contributed by atoms with Crippen LogP contribution in [-0.4, -0.2) is 72.9 Å². The Morgan fingerprint density at radius 2 is 1.89 bits per heavy atom. The van der Waals surface area contributed by atoms with Crippen molar-refractivity contribution in [3.05, 3.63) is 30.6 Å². The Hall–Kier alpha value is -4.35. The predicted molar refractivity (Wildman–Crippen MR) is 178 cm³/mol. The number of nitrogens with one attached hydrogen (secondary N) is 3. The van der Waals surface area contributed by atoms with Crippen molar-refractivity contribution in [1.29, 1.82) is 5.26 Å². The molecule has 240 valence electrons. The van der Waals surface area contributed by atoms with Crippen LogP contribution in [0, 0.1) is 23.2 Å². The van der Waals surface area contributed by atoms with Crippen molar-refractivity contribution in [3.63, 3.8) is 0 Å². The summed E-state index contributed by atoms with van der Waals surface area (Å²) in [6.45, 7) is 5.11. The van der Waals surface area contributed by atoms with Crippen LogP contribution in [0.4, 0.5) is 16.8 Å². The van der Waals surface area contributed by atoms with Gasteiger partial charge in [0.1, 0.15) is 6.04 Å². The average molecular weight is 641 g/mol. The summed E-state index contributed by atoms with van der Waals surface area (Å²) in [5.41, 5.74) is 10.3. The Bertz CT molecular complexity index is 1750. The fourth-order valence-corrected chi connectivity index (χ4v) is 8.22. The zero-order valence-corrected chi connectivity index (χ0v) is 27.0.